The van der Waals surface area contributed by atoms with Gasteiger partial charge in [0.1, 0.15) is 0 Å². The molecule has 7 heteroatoms. The van der Waals surface area contributed by atoms with Crippen LogP contribution in [-0.4, -0.2) is 49.6 Å². The number of hydrogen-bond donors (Lipinski definition) is 1. The Balaban J connectivity index is 1.54. The molecular formula is C17H20N6O. The summed E-state index contributed by atoms with van der Waals surface area (Å²) in [5.41, 5.74) is 3.39. The van der Waals surface area contributed by atoms with E-state index in [-0.39, 0.29) is 6.04 Å². The van der Waals surface area contributed by atoms with Gasteiger partial charge in [-0.3, -0.25) is 10.00 Å². The Labute approximate surface area is 140 Å². The van der Waals surface area contributed by atoms with Crippen molar-refractivity contribution in [2.75, 3.05) is 19.8 Å². The van der Waals surface area contributed by atoms with Crippen LogP contribution < -0.4 is 0 Å². The minimum atomic E-state index is 0.201. The summed E-state index contributed by atoms with van der Waals surface area (Å²) in [6.07, 6.45) is 7.39. The lowest BCUT2D eigenvalue weighted by molar-refractivity contribution is -0.0143. The first kappa shape index (κ1) is 15.0. The van der Waals surface area contributed by atoms with E-state index in [0.717, 1.165) is 36.8 Å². The molecule has 1 unspecified atom stereocenters. The first-order valence-electron chi connectivity index (χ1n) is 8.08. The highest BCUT2D eigenvalue weighted by molar-refractivity contribution is 5.34. The molecule has 0 amide bonds. The number of H-pyrrole nitrogens is 1. The van der Waals surface area contributed by atoms with E-state index in [2.05, 4.69) is 38.2 Å². The molecule has 4 heterocycles. The molecule has 0 saturated carbocycles. The highest BCUT2D eigenvalue weighted by Gasteiger charge is 2.25. The molecule has 3 aromatic rings. The minimum Gasteiger partial charge on any atom is -0.378 e. The van der Waals surface area contributed by atoms with Crippen molar-refractivity contribution < 1.29 is 4.74 Å². The van der Waals surface area contributed by atoms with Gasteiger partial charge in [0.15, 0.2) is 5.82 Å². The topological polar surface area (TPSA) is 71.9 Å². The lowest BCUT2D eigenvalue weighted by Crippen LogP contribution is -2.39. The standard InChI is InChI=1S/C17H20N6O/c1-13-9-14(10-18-17(13)23-6-2-4-20-23)11-22-7-8-24-12-16(22)15-3-5-19-21-15/h2-6,9-10,16H,7-8,11-12H2,1H3,(H,19,21). The molecule has 1 saturated heterocycles. The SMILES string of the molecule is Cc1cc(CN2CCOCC2c2ccn[nH]2)cnc1-n1cccn1. The lowest BCUT2D eigenvalue weighted by atomic mass is 10.1. The monoisotopic (exact) mass is 324 g/mol. The van der Waals surface area contributed by atoms with Gasteiger partial charge in [0.2, 0.25) is 0 Å². The zero-order valence-electron chi connectivity index (χ0n) is 13.6. The van der Waals surface area contributed by atoms with Crippen LogP contribution in [0.1, 0.15) is 22.9 Å². The van der Waals surface area contributed by atoms with E-state index in [1.807, 2.05) is 24.5 Å². The molecule has 0 radical (unpaired) electrons. The van der Waals surface area contributed by atoms with Crippen LogP contribution in [0.25, 0.3) is 5.82 Å². The van der Waals surface area contributed by atoms with Crippen molar-refractivity contribution in [1.82, 2.24) is 29.9 Å². The molecule has 0 aliphatic carbocycles. The Hall–Kier alpha value is -2.51. The highest BCUT2D eigenvalue weighted by Crippen LogP contribution is 2.24. The second-order valence-electron chi connectivity index (χ2n) is 6.01. The van der Waals surface area contributed by atoms with Crippen LogP contribution in [0.2, 0.25) is 0 Å². The van der Waals surface area contributed by atoms with Crippen LogP contribution in [0.4, 0.5) is 0 Å². The fourth-order valence-corrected chi connectivity index (χ4v) is 3.15. The third-order valence-corrected chi connectivity index (χ3v) is 4.33. The molecule has 1 aliphatic rings. The van der Waals surface area contributed by atoms with Gasteiger partial charge in [-0.15, -0.1) is 0 Å². The van der Waals surface area contributed by atoms with Gasteiger partial charge in [-0.25, -0.2) is 9.67 Å². The summed E-state index contributed by atoms with van der Waals surface area (Å²) in [4.78, 5) is 7.00. The molecule has 0 aromatic carbocycles. The molecule has 0 spiro atoms. The minimum absolute atomic E-state index is 0.201. The zero-order chi connectivity index (χ0) is 16.4. The summed E-state index contributed by atoms with van der Waals surface area (Å²) >= 11 is 0. The lowest BCUT2D eigenvalue weighted by Gasteiger charge is -2.34. The van der Waals surface area contributed by atoms with Crippen molar-refractivity contribution in [1.29, 1.82) is 0 Å². The molecule has 1 fully saturated rings. The summed E-state index contributed by atoms with van der Waals surface area (Å²) in [7, 11) is 0. The Kier molecular flexibility index (Phi) is 4.10. The van der Waals surface area contributed by atoms with Gasteiger partial charge in [-0.05, 0) is 36.2 Å². The van der Waals surface area contributed by atoms with E-state index < -0.39 is 0 Å². The number of nitrogens with zero attached hydrogens (tertiary/aromatic N) is 5. The van der Waals surface area contributed by atoms with E-state index in [9.17, 15) is 0 Å². The van der Waals surface area contributed by atoms with E-state index in [4.69, 9.17) is 4.74 Å². The summed E-state index contributed by atoms with van der Waals surface area (Å²) in [5, 5.41) is 11.4. The van der Waals surface area contributed by atoms with Crippen molar-refractivity contribution in [3.63, 3.8) is 0 Å². The first-order valence-corrected chi connectivity index (χ1v) is 8.08. The van der Waals surface area contributed by atoms with Gasteiger partial charge < -0.3 is 4.74 Å². The largest absolute Gasteiger partial charge is 0.378 e. The fraction of sp³-hybridized carbons (Fsp3) is 0.353. The van der Waals surface area contributed by atoms with Gasteiger partial charge in [-0.1, -0.05) is 0 Å². The Morgan fingerprint density at radius 1 is 1.38 bits per heavy atom. The predicted octanol–water partition coefficient (Wildman–Crippen LogP) is 1.87. The van der Waals surface area contributed by atoms with Crippen molar-refractivity contribution in [2.24, 2.45) is 0 Å². The predicted molar refractivity (Wildman–Crippen MR) is 88.7 cm³/mol. The van der Waals surface area contributed by atoms with Gasteiger partial charge in [-0.2, -0.15) is 10.2 Å². The smallest absolute Gasteiger partial charge is 0.156 e. The number of morpholine rings is 1. The van der Waals surface area contributed by atoms with Crippen LogP contribution >= 0.6 is 0 Å². The number of aromatic amines is 1. The van der Waals surface area contributed by atoms with Gasteiger partial charge in [0.25, 0.3) is 0 Å². The summed E-state index contributed by atoms with van der Waals surface area (Å²) in [5.74, 6) is 0.871. The molecule has 0 bridgehead atoms. The number of pyridine rings is 1. The third-order valence-electron chi connectivity index (χ3n) is 4.33. The second kappa shape index (κ2) is 6.54. The maximum atomic E-state index is 5.65. The second-order valence-corrected chi connectivity index (χ2v) is 6.01. The van der Waals surface area contributed by atoms with E-state index in [0.29, 0.717) is 6.61 Å². The average Bonchev–Trinajstić information content (AvgIpc) is 3.29. The van der Waals surface area contributed by atoms with Crippen LogP contribution in [0, 0.1) is 6.92 Å². The van der Waals surface area contributed by atoms with E-state index in [1.54, 1.807) is 17.1 Å². The molecule has 7 nitrogen and oxygen atoms in total. The number of hydrogen-bond acceptors (Lipinski definition) is 5. The fourth-order valence-electron chi connectivity index (χ4n) is 3.15. The Morgan fingerprint density at radius 3 is 3.08 bits per heavy atom. The molecule has 3 aromatic heterocycles. The van der Waals surface area contributed by atoms with Crippen LogP contribution in [0.5, 0.6) is 0 Å². The highest BCUT2D eigenvalue weighted by atomic mass is 16.5. The Morgan fingerprint density at radius 2 is 2.33 bits per heavy atom. The molecule has 4 rings (SSSR count). The summed E-state index contributed by atoms with van der Waals surface area (Å²) in [6, 6.07) is 6.30. The van der Waals surface area contributed by atoms with Crippen LogP contribution in [-0.2, 0) is 11.3 Å². The average molecular weight is 324 g/mol. The van der Waals surface area contributed by atoms with E-state index >= 15 is 0 Å². The molecule has 1 atom stereocenters. The maximum Gasteiger partial charge on any atom is 0.156 e. The number of rotatable bonds is 4. The number of ether oxygens (including phenoxy) is 1. The van der Waals surface area contributed by atoms with Gasteiger partial charge >= 0.3 is 0 Å². The normalized spacial score (nSPS) is 18.8. The number of nitrogens with one attached hydrogen (secondary N) is 1. The van der Waals surface area contributed by atoms with Crippen molar-refractivity contribution in [3.05, 3.63) is 59.8 Å². The zero-order valence-corrected chi connectivity index (χ0v) is 13.6. The van der Waals surface area contributed by atoms with Crippen LogP contribution in [0.15, 0.2) is 43.0 Å². The first-order chi connectivity index (χ1) is 11.8. The quantitative estimate of drug-likeness (QED) is 0.793. The van der Waals surface area contributed by atoms with E-state index in [1.165, 1.54) is 5.56 Å². The van der Waals surface area contributed by atoms with Crippen molar-refractivity contribution in [2.45, 2.75) is 19.5 Å². The van der Waals surface area contributed by atoms with Crippen molar-refractivity contribution >= 4 is 0 Å². The number of aryl methyl sites for hydroxylation is 1. The Bertz CT molecular complexity index is 784. The summed E-state index contributed by atoms with van der Waals surface area (Å²) in [6.45, 7) is 5.23. The maximum absolute atomic E-state index is 5.65. The molecule has 1 N–H and O–H groups in total. The van der Waals surface area contributed by atoms with Gasteiger partial charge in [0.05, 0.1) is 24.9 Å². The van der Waals surface area contributed by atoms with Gasteiger partial charge in [0, 0.05) is 37.9 Å². The van der Waals surface area contributed by atoms with Crippen LogP contribution in [0.3, 0.4) is 0 Å². The third kappa shape index (κ3) is 2.95. The summed E-state index contributed by atoms with van der Waals surface area (Å²) < 4.78 is 7.44. The molecular weight excluding hydrogens is 304 g/mol. The molecule has 124 valence electrons. The van der Waals surface area contributed by atoms with Crippen molar-refractivity contribution in [3.8, 4) is 5.82 Å². The molecule has 1 aliphatic heterocycles. The number of aromatic nitrogens is 5. The molecule has 24 heavy (non-hydrogen) atoms.